The van der Waals surface area contributed by atoms with Crippen LogP contribution in [0, 0.1) is 0 Å². The number of esters is 2. The van der Waals surface area contributed by atoms with E-state index in [2.05, 4.69) is 73.0 Å². The van der Waals surface area contributed by atoms with Crippen LogP contribution in [0.15, 0.2) is 91.1 Å². The van der Waals surface area contributed by atoms with Crippen LogP contribution >= 0.6 is 0 Å². The van der Waals surface area contributed by atoms with Crippen molar-refractivity contribution >= 4 is 17.8 Å². The SMILES string of the molecule is CC/C=C\C/C=C\C/C=C\C/C=C\C/C=C\C/C=C\CCC(=O)NCC(=O)Oc1cc(CF)ccc1C(=O)OCC. The lowest BCUT2D eigenvalue weighted by molar-refractivity contribution is -0.135. The largest absolute Gasteiger partial charge is 0.462 e. The molecule has 0 radical (unpaired) electrons. The Labute approximate surface area is 244 Å². The van der Waals surface area contributed by atoms with E-state index >= 15 is 0 Å². The van der Waals surface area contributed by atoms with Crippen molar-refractivity contribution < 1.29 is 28.2 Å². The number of carbonyl (C=O) groups excluding carboxylic acids is 3. The molecule has 0 saturated carbocycles. The molecule has 1 aromatic carbocycles. The average Bonchev–Trinajstić information content (AvgIpc) is 2.97. The zero-order chi connectivity index (χ0) is 30.0. The molecule has 1 N–H and O–H groups in total. The summed E-state index contributed by atoms with van der Waals surface area (Å²) in [6, 6.07) is 4.04. The van der Waals surface area contributed by atoms with E-state index in [-0.39, 0.29) is 42.4 Å². The molecule has 0 unspecified atom stereocenters. The van der Waals surface area contributed by atoms with E-state index in [9.17, 15) is 18.8 Å². The van der Waals surface area contributed by atoms with Crippen LogP contribution in [0.4, 0.5) is 4.39 Å². The number of amides is 1. The van der Waals surface area contributed by atoms with Gasteiger partial charge in [-0.05, 0) is 69.6 Å². The van der Waals surface area contributed by atoms with Gasteiger partial charge in [-0.3, -0.25) is 4.79 Å². The normalized spacial score (nSPS) is 12.1. The summed E-state index contributed by atoms with van der Waals surface area (Å²) >= 11 is 0. The van der Waals surface area contributed by atoms with Crippen LogP contribution in [0.1, 0.15) is 81.1 Å². The topological polar surface area (TPSA) is 81.7 Å². The molecule has 0 heterocycles. The highest BCUT2D eigenvalue weighted by Gasteiger charge is 2.17. The van der Waals surface area contributed by atoms with Gasteiger partial charge in [0.15, 0.2) is 0 Å². The van der Waals surface area contributed by atoms with Gasteiger partial charge in [0.1, 0.15) is 24.5 Å². The first-order valence-electron chi connectivity index (χ1n) is 14.2. The van der Waals surface area contributed by atoms with Gasteiger partial charge in [0, 0.05) is 6.42 Å². The number of carbonyl (C=O) groups is 3. The third-order valence-electron chi connectivity index (χ3n) is 5.48. The summed E-state index contributed by atoms with van der Waals surface area (Å²) < 4.78 is 23.1. The minimum atomic E-state index is -0.779. The predicted molar refractivity (Wildman–Crippen MR) is 163 cm³/mol. The summed E-state index contributed by atoms with van der Waals surface area (Å²) in [5.74, 6) is -1.85. The van der Waals surface area contributed by atoms with Crippen molar-refractivity contribution in [2.75, 3.05) is 13.2 Å². The second-order valence-corrected chi connectivity index (χ2v) is 8.89. The molecule has 0 spiro atoms. The summed E-state index contributed by atoms with van der Waals surface area (Å²) in [4.78, 5) is 36.3. The maximum Gasteiger partial charge on any atom is 0.341 e. The number of allylic oxidation sites excluding steroid dienone is 12. The molecule has 1 amide bonds. The molecule has 41 heavy (non-hydrogen) atoms. The van der Waals surface area contributed by atoms with Gasteiger partial charge in [-0.2, -0.15) is 0 Å². The highest BCUT2D eigenvalue weighted by atomic mass is 19.1. The molecule has 0 aliphatic carbocycles. The quantitative estimate of drug-likeness (QED) is 0.0990. The van der Waals surface area contributed by atoms with E-state index in [0.717, 1.165) is 38.5 Å². The van der Waals surface area contributed by atoms with E-state index < -0.39 is 18.6 Å². The molecule has 222 valence electrons. The summed E-state index contributed by atoms with van der Waals surface area (Å²) in [7, 11) is 0. The van der Waals surface area contributed by atoms with E-state index in [0.29, 0.717) is 6.42 Å². The standard InChI is InChI=1S/C34H44FNO5/c1-3-5-6-7-8-9-10-11-12-13-14-15-16-17-18-19-20-21-22-23-32(37)36-28-33(38)41-31-26-29(27-35)24-25-30(31)34(39)40-4-2/h5-6,8-9,11-12,14-15,17-18,20-21,24-26H,3-4,7,10,13,16,19,22-23,27-28H2,1-2H3,(H,36,37)/b6-5-,9-8-,12-11-,15-14-,18-17-,21-20-. The summed E-state index contributed by atoms with van der Waals surface area (Å²) in [6.45, 7) is 2.78. The zero-order valence-electron chi connectivity index (χ0n) is 24.4. The molecule has 0 aromatic heterocycles. The molecular weight excluding hydrogens is 521 g/mol. The van der Waals surface area contributed by atoms with E-state index in [4.69, 9.17) is 9.47 Å². The van der Waals surface area contributed by atoms with Crippen LogP contribution in [0.2, 0.25) is 0 Å². The van der Waals surface area contributed by atoms with Crippen LogP contribution in [-0.4, -0.2) is 31.0 Å². The Morgan fingerprint density at radius 2 is 1.32 bits per heavy atom. The first-order chi connectivity index (χ1) is 20.0. The van der Waals surface area contributed by atoms with Crippen molar-refractivity contribution in [2.24, 2.45) is 0 Å². The lowest BCUT2D eigenvalue weighted by Gasteiger charge is -2.11. The maximum atomic E-state index is 13.0. The van der Waals surface area contributed by atoms with Gasteiger partial charge in [0.25, 0.3) is 0 Å². The van der Waals surface area contributed by atoms with Crippen LogP contribution in [0.25, 0.3) is 0 Å². The Kier molecular flexibility index (Phi) is 20.4. The third kappa shape index (κ3) is 18.1. The van der Waals surface area contributed by atoms with Crippen LogP contribution < -0.4 is 10.1 Å². The monoisotopic (exact) mass is 565 g/mol. The number of ether oxygens (including phenoxy) is 2. The Morgan fingerprint density at radius 1 is 0.780 bits per heavy atom. The number of benzene rings is 1. The highest BCUT2D eigenvalue weighted by Crippen LogP contribution is 2.22. The number of hydrogen-bond acceptors (Lipinski definition) is 5. The first-order valence-corrected chi connectivity index (χ1v) is 14.2. The Balaban J connectivity index is 2.21. The van der Waals surface area contributed by atoms with Gasteiger partial charge >= 0.3 is 11.9 Å². The first kappa shape index (κ1) is 35.0. The van der Waals surface area contributed by atoms with E-state index in [1.807, 2.05) is 12.2 Å². The number of hydrogen-bond donors (Lipinski definition) is 1. The predicted octanol–water partition coefficient (Wildman–Crippen LogP) is 7.83. The lowest BCUT2D eigenvalue weighted by atomic mass is 10.1. The van der Waals surface area contributed by atoms with Gasteiger partial charge < -0.3 is 14.8 Å². The number of halogens is 1. The second-order valence-electron chi connectivity index (χ2n) is 8.89. The summed E-state index contributed by atoms with van der Waals surface area (Å²) in [6.07, 6.45) is 31.9. The molecule has 0 aliphatic heterocycles. The summed E-state index contributed by atoms with van der Waals surface area (Å²) in [5.41, 5.74) is 0.266. The Bertz CT molecular complexity index is 1100. The molecule has 6 nitrogen and oxygen atoms in total. The van der Waals surface area contributed by atoms with Crippen molar-refractivity contribution in [2.45, 2.75) is 71.9 Å². The molecule has 0 bridgehead atoms. The maximum absolute atomic E-state index is 13.0. The smallest absolute Gasteiger partial charge is 0.341 e. The molecule has 0 saturated heterocycles. The minimum Gasteiger partial charge on any atom is -0.462 e. The molecule has 0 aliphatic rings. The van der Waals surface area contributed by atoms with Crippen molar-refractivity contribution in [1.29, 1.82) is 0 Å². The highest BCUT2D eigenvalue weighted by molar-refractivity contribution is 5.94. The fourth-order valence-electron chi connectivity index (χ4n) is 3.38. The van der Waals surface area contributed by atoms with Crippen molar-refractivity contribution in [3.8, 4) is 5.75 Å². The van der Waals surface area contributed by atoms with Crippen LogP contribution in [0.3, 0.4) is 0 Å². The van der Waals surface area contributed by atoms with Crippen molar-refractivity contribution in [3.05, 3.63) is 102 Å². The molecular formula is C34H44FNO5. The molecule has 1 aromatic rings. The average molecular weight is 566 g/mol. The molecule has 7 heteroatoms. The molecule has 1 rings (SSSR count). The number of rotatable bonds is 20. The Hall–Kier alpha value is -4.00. The van der Waals surface area contributed by atoms with Gasteiger partial charge in [0.2, 0.25) is 5.91 Å². The Morgan fingerprint density at radius 3 is 1.83 bits per heavy atom. The van der Waals surface area contributed by atoms with Gasteiger partial charge in [-0.25, -0.2) is 14.0 Å². The second kappa shape index (κ2) is 23.9. The fourth-order valence-corrected chi connectivity index (χ4v) is 3.38. The number of alkyl halides is 1. The zero-order valence-corrected chi connectivity index (χ0v) is 24.4. The minimum absolute atomic E-state index is 0.0152. The number of nitrogens with one attached hydrogen (secondary N) is 1. The molecule has 0 fully saturated rings. The van der Waals surface area contributed by atoms with Gasteiger partial charge in [0.05, 0.1) is 6.61 Å². The van der Waals surface area contributed by atoms with Gasteiger partial charge in [-0.1, -0.05) is 85.9 Å². The summed E-state index contributed by atoms with van der Waals surface area (Å²) in [5, 5.41) is 2.49. The van der Waals surface area contributed by atoms with Crippen LogP contribution in [-0.2, 0) is 21.0 Å². The van der Waals surface area contributed by atoms with Crippen molar-refractivity contribution in [3.63, 3.8) is 0 Å². The lowest BCUT2D eigenvalue weighted by Crippen LogP contribution is -2.32. The molecule has 0 atom stereocenters. The van der Waals surface area contributed by atoms with Crippen molar-refractivity contribution in [1.82, 2.24) is 5.32 Å². The fraction of sp³-hybridized carbons (Fsp3) is 0.382. The van der Waals surface area contributed by atoms with Crippen LogP contribution in [0.5, 0.6) is 5.75 Å². The van der Waals surface area contributed by atoms with E-state index in [1.54, 1.807) is 6.92 Å². The van der Waals surface area contributed by atoms with E-state index in [1.165, 1.54) is 18.2 Å². The van der Waals surface area contributed by atoms with Gasteiger partial charge in [-0.15, -0.1) is 0 Å². The third-order valence-corrected chi connectivity index (χ3v) is 5.48.